The number of likely N-dealkylation sites (tertiary alicyclic amines) is 1. The Morgan fingerprint density at radius 1 is 1.03 bits per heavy atom. The molecule has 2 aliphatic rings. The highest BCUT2D eigenvalue weighted by atomic mass is 35.6. The van der Waals surface area contributed by atoms with E-state index in [-0.39, 0.29) is 43.9 Å². The topological polar surface area (TPSA) is 91.3 Å². The minimum Gasteiger partial charge on any atom is -0.395 e. The van der Waals surface area contributed by atoms with Crippen LogP contribution in [0.1, 0.15) is 54.4 Å². The number of carbonyl (C=O) groups excluding carboxylic acids is 1. The molecule has 0 spiro atoms. The third-order valence-corrected chi connectivity index (χ3v) is 7.73. The van der Waals surface area contributed by atoms with E-state index in [9.17, 15) is 15.0 Å². The predicted octanol–water partition coefficient (Wildman–Crippen LogP) is 4.41. The summed E-state index contributed by atoms with van der Waals surface area (Å²) in [6.07, 6.45) is 1.13. The molecule has 0 aliphatic carbocycles. The molecule has 0 unspecified atom stereocenters. The molecule has 2 aromatic carbocycles. The van der Waals surface area contributed by atoms with Crippen molar-refractivity contribution in [3.8, 4) is 0 Å². The van der Waals surface area contributed by atoms with Gasteiger partial charge in [0.1, 0.15) is 0 Å². The van der Waals surface area contributed by atoms with Crippen molar-refractivity contribution < 1.29 is 24.5 Å². The lowest BCUT2D eigenvalue weighted by Crippen LogP contribution is -2.46. The third kappa shape index (κ3) is 7.16. The Labute approximate surface area is 232 Å². The highest BCUT2D eigenvalue weighted by Crippen LogP contribution is 2.42. The molecule has 37 heavy (non-hydrogen) atoms. The smallest absolute Gasteiger partial charge is 0.272 e. The van der Waals surface area contributed by atoms with Crippen LogP contribution >= 0.6 is 34.8 Å². The van der Waals surface area contributed by atoms with Gasteiger partial charge in [0, 0.05) is 30.6 Å². The standard InChI is InChI=1S/C27H33Cl3N2O5/c1-17-23(14-32-12-2-3-22(32)16-34)36-25(37-24(17)20-8-6-19(15-33)7-9-20)21-10-4-18(5-11-21)13-31-26(35)27(28,29)30/h4-11,17,22-25,33-34H,2-3,12-16H2,1H3,(H,31,35)/t17-,22-,23+,24+,25+/m0/s1. The fraction of sp³-hybridized carbons (Fsp3) is 0.519. The summed E-state index contributed by atoms with van der Waals surface area (Å²) in [4.78, 5) is 14.1. The molecule has 0 aromatic heterocycles. The number of ether oxygens (including phenoxy) is 2. The number of aliphatic hydroxyl groups excluding tert-OH is 2. The Balaban J connectivity index is 1.52. The van der Waals surface area contributed by atoms with E-state index in [1.807, 2.05) is 48.5 Å². The molecule has 5 atom stereocenters. The van der Waals surface area contributed by atoms with Gasteiger partial charge in [-0.2, -0.15) is 0 Å². The predicted molar refractivity (Wildman–Crippen MR) is 143 cm³/mol. The van der Waals surface area contributed by atoms with Crippen molar-refractivity contribution in [2.75, 3.05) is 19.7 Å². The monoisotopic (exact) mass is 570 g/mol. The van der Waals surface area contributed by atoms with Crippen molar-refractivity contribution in [2.24, 2.45) is 5.92 Å². The summed E-state index contributed by atoms with van der Waals surface area (Å²) in [6.45, 7) is 4.12. The quantitative estimate of drug-likeness (QED) is 0.407. The van der Waals surface area contributed by atoms with Gasteiger partial charge in [0.15, 0.2) is 6.29 Å². The highest BCUT2D eigenvalue weighted by molar-refractivity contribution is 6.76. The van der Waals surface area contributed by atoms with Crippen LogP contribution in [-0.4, -0.2) is 56.7 Å². The number of aliphatic hydroxyl groups is 2. The molecular formula is C27H33Cl3N2O5. The number of alkyl halides is 3. The number of rotatable bonds is 8. The molecule has 4 rings (SSSR count). The average molecular weight is 572 g/mol. The maximum absolute atomic E-state index is 11.8. The Kier molecular flexibility index (Phi) is 9.75. The normalized spacial score (nSPS) is 26.8. The number of carbonyl (C=O) groups is 1. The second-order valence-electron chi connectivity index (χ2n) is 9.72. The maximum atomic E-state index is 11.8. The number of amides is 1. The number of nitrogens with one attached hydrogen (secondary N) is 1. The average Bonchev–Trinajstić information content (AvgIpc) is 3.35. The summed E-state index contributed by atoms with van der Waals surface area (Å²) in [5.41, 5.74) is 3.56. The van der Waals surface area contributed by atoms with Crippen molar-refractivity contribution in [3.63, 3.8) is 0 Å². The molecule has 0 bridgehead atoms. The van der Waals surface area contributed by atoms with Crippen LogP contribution in [0.2, 0.25) is 0 Å². The zero-order valence-electron chi connectivity index (χ0n) is 20.7. The van der Waals surface area contributed by atoms with Crippen LogP contribution in [0.4, 0.5) is 0 Å². The van der Waals surface area contributed by atoms with E-state index in [4.69, 9.17) is 44.3 Å². The molecule has 2 saturated heterocycles. The summed E-state index contributed by atoms with van der Waals surface area (Å²) >= 11 is 16.9. The van der Waals surface area contributed by atoms with Crippen molar-refractivity contribution in [3.05, 3.63) is 70.8 Å². The molecule has 1 amide bonds. The van der Waals surface area contributed by atoms with E-state index < -0.39 is 16.0 Å². The number of halogens is 3. The fourth-order valence-electron chi connectivity index (χ4n) is 4.98. The molecule has 2 fully saturated rings. The van der Waals surface area contributed by atoms with Crippen LogP contribution in [0.3, 0.4) is 0 Å². The molecule has 3 N–H and O–H groups in total. The van der Waals surface area contributed by atoms with E-state index in [0.29, 0.717) is 6.54 Å². The maximum Gasteiger partial charge on any atom is 0.272 e. The first kappa shape index (κ1) is 28.6. The van der Waals surface area contributed by atoms with Crippen LogP contribution in [0.15, 0.2) is 48.5 Å². The van der Waals surface area contributed by atoms with Gasteiger partial charge in [-0.1, -0.05) is 90.3 Å². The van der Waals surface area contributed by atoms with Gasteiger partial charge in [-0.25, -0.2) is 0 Å². The first-order valence-electron chi connectivity index (χ1n) is 12.5. The van der Waals surface area contributed by atoms with Crippen molar-refractivity contribution in [2.45, 2.75) is 61.2 Å². The number of benzene rings is 2. The van der Waals surface area contributed by atoms with E-state index in [0.717, 1.165) is 41.6 Å². The number of hydrogen-bond donors (Lipinski definition) is 3. The van der Waals surface area contributed by atoms with Crippen LogP contribution in [0.5, 0.6) is 0 Å². The third-order valence-electron chi connectivity index (χ3n) is 7.21. The molecule has 0 radical (unpaired) electrons. The van der Waals surface area contributed by atoms with Crippen molar-refractivity contribution >= 4 is 40.7 Å². The Bertz CT molecular complexity index is 1030. The van der Waals surface area contributed by atoms with Gasteiger partial charge < -0.3 is 25.0 Å². The second kappa shape index (κ2) is 12.6. The minimum absolute atomic E-state index is 0.0122. The van der Waals surface area contributed by atoms with E-state index in [1.54, 1.807) is 0 Å². The zero-order valence-corrected chi connectivity index (χ0v) is 22.9. The lowest BCUT2D eigenvalue weighted by Gasteiger charge is -2.43. The van der Waals surface area contributed by atoms with Crippen molar-refractivity contribution in [1.29, 1.82) is 0 Å². The fourth-order valence-corrected chi connectivity index (χ4v) is 5.18. The molecule has 2 heterocycles. The van der Waals surface area contributed by atoms with E-state index in [1.165, 1.54) is 0 Å². The summed E-state index contributed by atoms with van der Waals surface area (Å²) in [7, 11) is 0. The Morgan fingerprint density at radius 3 is 2.30 bits per heavy atom. The van der Waals surface area contributed by atoms with Gasteiger partial charge in [0.05, 0.1) is 25.4 Å². The molecule has 202 valence electrons. The molecule has 2 aliphatic heterocycles. The van der Waals surface area contributed by atoms with Crippen LogP contribution < -0.4 is 5.32 Å². The second-order valence-corrected chi connectivity index (χ2v) is 12.0. The van der Waals surface area contributed by atoms with Crippen LogP contribution in [-0.2, 0) is 27.4 Å². The Hall–Kier alpha value is -1.42. The summed E-state index contributed by atoms with van der Waals surface area (Å²) in [6, 6.07) is 15.5. The number of nitrogens with zero attached hydrogens (tertiary/aromatic N) is 1. The summed E-state index contributed by atoms with van der Waals surface area (Å²) in [5.74, 6) is -0.622. The molecule has 0 saturated carbocycles. The van der Waals surface area contributed by atoms with Crippen LogP contribution in [0.25, 0.3) is 0 Å². The highest BCUT2D eigenvalue weighted by Gasteiger charge is 2.40. The van der Waals surface area contributed by atoms with Gasteiger partial charge in [0.25, 0.3) is 9.70 Å². The SMILES string of the molecule is C[C@H]1[C@@H](CN2CCC[C@H]2CO)O[C@@H](c2ccc(CNC(=O)C(Cl)(Cl)Cl)cc2)O[C@H]1c1ccc(CO)cc1. The first-order chi connectivity index (χ1) is 17.7. The van der Waals surface area contributed by atoms with Gasteiger partial charge >= 0.3 is 0 Å². The minimum atomic E-state index is -2.01. The zero-order chi connectivity index (χ0) is 26.6. The largest absolute Gasteiger partial charge is 0.395 e. The van der Waals surface area contributed by atoms with E-state index in [2.05, 4.69) is 17.1 Å². The summed E-state index contributed by atoms with van der Waals surface area (Å²) < 4.78 is 11.0. The first-order valence-corrected chi connectivity index (χ1v) is 13.6. The van der Waals surface area contributed by atoms with E-state index >= 15 is 0 Å². The molecular weight excluding hydrogens is 539 g/mol. The Morgan fingerprint density at radius 2 is 1.68 bits per heavy atom. The van der Waals surface area contributed by atoms with Gasteiger partial charge in [-0.3, -0.25) is 9.69 Å². The van der Waals surface area contributed by atoms with Crippen molar-refractivity contribution in [1.82, 2.24) is 10.2 Å². The van der Waals surface area contributed by atoms with Gasteiger partial charge in [-0.05, 0) is 36.1 Å². The van der Waals surface area contributed by atoms with Gasteiger partial charge in [0.2, 0.25) is 0 Å². The lowest BCUT2D eigenvalue weighted by molar-refractivity contribution is -0.276. The molecule has 2 aromatic rings. The lowest BCUT2D eigenvalue weighted by atomic mass is 9.90. The number of hydrogen-bond acceptors (Lipinski definition) is 6. The summed E-state index contributed by atoms with van der Waals surface area (Å²) in [5, 5.41) is 21.9. The molecule has 10 heteroatoms. The van der Waals surface area contributed by atoms with Gasteiger partial charge in [-0.15, -0.1) is 0 Å². The van der Waals surface area contributed by atoms with Crippen LogP contribution in [0, 0.1) is 5.92 Å². The molecule has 7 nitrogen and oxygen atoms in total.